The molecule has 2 aromatic rings. The van der Waals surface area contributed by atoms with Gasteiger partial charge in [0.1, 0.15) is 5.82 Å². The molecule has 4 heteroatoms. The Labute approximate surface area is 94.9 Å². The Hall–Kier alpha value is -1.39. The number of rotatable bonds is 4. The molecule has 0 saturated carbocycles. The van der Waals surface area contributed by atoms with Crippen molar-refractivity contribution in [2.75, 3.05) is 6.54 Å². The molecular weight excluding hydrogens is 202 g/mol. The standard InChI is InChI=1S/C12H17N3O/c1-9(16)7-13-8-12-14-10-5-3-4-6-11(10)15(12)2/h3-6,9,13,16H,7-8H2,1-2H3. The number of nitrogens with zero attached hydrogens (tertiary/aromatic N) is 2. The van der Waals surface area contributed by atoms with E-state index in [4.69, 9.17) is 5.11 Å². The second-order valence-corrected chi connectivity index (χ2v) is 4.06. The monoisotopic (exact) mass is 219 g/mol. The van der Waals surface area contributed by atoms with Gasteiger partial charge >= 0.3 is 0 Å². The van der Waals surface area contributed by atoms with Crippen LogP contribution in [0.25, 0.3) is 11.0 Å². The molecule has 0 fully saturated rings. The van der Waals surface area contributed by atoms with Crippen LogP contribution in [0.3, 0.4) is 0 Å². The lowest BCUT2D eigenvalue weighted by Crippen LogP contribution is -2.25. The molecule has 16 heavy (non-hydrogen) atoms. The minimum Gasteiger partial charge on any atom is -0.392 e. The number of aryl methyl sites for hydroxylation is 1. The number of aliphatic hydroxyl groups excluding tert-OH is 1. The Bertz CT molecular complexity index is 476. The van der Waals surface area contributed by atoms with Crippen molar-refractivity contribution in [1.29, 1.82) is 0 Å². The lowest BCUT2D eigenvalue weighted by Gasteiger charge is -2.06. The molecule has 0 spiro atoms. The molecule has 0 aliphatic heterocycles. The number of fused-ring (bicyclic) bond motifs is 1. The van der Waals surface area contributed by atoms with Gasteiger partial charge in [-0.3, -0.25) is 0 Å². The molecular formula is C12H17N3O. The second kappa shape index (κ2) is 4.63. The predicted octanol–water partition coefficient (Wildman–Crippen LogP) is 1.04. The quantitative estimate of drug-likeness (QED) is 0.808. The molecule has 0 aliphatic carbocycles. The van der Waals surface area contributed by atoms with E-state index >= 15 is 0 Å². The topological polar surface area (TPSA) is 50.1 Å². The van der Waals surface area contributed by atoms with E-state index in [1.165, 1.54) is 0 Å². The average molecular weight is 219 g/mol. The molecule has 1 aromatic heterocycles. The Kier molecular flexibility index (Phi) is 3.22. The number of aliphatic hydroxyl groups is 1. The van der Waals surface area contributed by atoms with Crippen LogP contribution in [0.5, 0.6) is 0 Å². The third-order valence-corrected chi connectivity index (χ3v) is 2.60. The molecule has 0 amide bonds. The van der Waals surface area contributed by atoms with Crippen molar-refractivity contribution in [1.82, 2.24) is 14.9 Å². The maximum atomic E-state index is 9.15. The summed E-state index contributed by atoms with van der Waals surface area (Å²) in [5.41, 5.74) is 2.15. The van der Waals surface area contributed by atoms with Crippen LogP contribution in [0.15, 0.2) is 24.3 Å². The summed E-state index contributed by atoms with van der Waals surface area (Å²) in [6, 6.07) is 8.06. The van der Waals surface area contributed by atoms with Gasteiger partial charge in [-0.25, -0.2) is 4.98 Å². The van der Waals surface area contributed by atoms with Gasteiger partial charge in [0.15, 0.2) is 0 Å². The number of hydrogen-bond acceptors (Lipinski definition) is 3. The smallest absolute Gasteiger partial charge is 0.123 e. The van der Waals surface area contributed by atoms with Gasteiger partial charge in [0, 0.05) is 13.6 Å². The molecule has 2 rings (SSSR count). The third-order valence-electron chi connectivity index (χ3n) is 2.60. The van der Waals surface area contributed by atoms with Gasteiger partial charge in [-0.1, -0.05) is 12.1 Å². The number of para-hydroxylation sites is 2. The van der Waals surface area contributed by atoms with E-state index in [1.54, 1.807) is 6.92 Å². The number of imidazole rings is 1. The fourth-order valence-corrected chi connectivity index (χ4v) is 1.75. The Morgan fingerprint density at radius 3 is 2.88 bits per heavy atom. The van der Waals surface area contributed by atoms with Crippen LogP contribution < -0.4 is 5.32 Å². The van der Waals surface area contributed by atoms with Gasteiger partial charge in [0.2, 0.25) is 0 Å². The fraction of sp³-hybridized carbons (Fsp3) is 0.417. The summed E-state index contributed by atoms with van der Waals surface area (Å²) in [6.45, 7) is 3.03. The third kappa shape index (κ3) is 2.23. The maximum Gasteiger partial charge on any atom is 0.123 e. The van der Waals surface area contributed by atoms with E-state index in [0.717, 1.165) is 16.9 Å². The molecule has 0 saturated heterocycles. The zero-order valence-corrected chi connectivity index (χ0v) is 9.64. The molecule has 1 atom stereocenters. The van der Waals surface area contributed by atoms with Crippen LogP contribution in [-0.4, -0.2) is 27.3 Å². The SMILES string of the molecule is CC(O)CNCc1nc2ccccc2n1C. The fourth-order valence-electron chi connectivity index (χ4n) is 1.75. The highest BCUT2D eigenvalue weighted by Gasteiger charge is 2.06. The number of aromatic nitrogens is 2. The van der Waals surface area contributed by atoms with Crippen molar-refractivity contribution >= 4 is 11.0 Å². The van der Waals surface area contributed by atoms with Crippen LogP contribution >= 0.6 is 0 Å². The van der Waals surface area contributed by atoms with Gasteiger partial charge in [-0.2, -0.15) is 0 Å². The van der Waals surface area contributed by atoms with E-state index < -0.39 is 0 Å². The first kappa shape index (κ1) is 11.1. The van der Waals surface area contributed by atoms with Crippen molar-refractivity contribution in [3.05, 3.63) is 30.1 Å². The molecule has 0 bridgehead atoms. The molecule has 0 radical (unpaired) electrons. The van der Waals surface area contributed by atoms with Crippen LogP contribution in [-0.2, 0) is 13.6 Å². The normalized spacial score (nSPS) is 13.2. The van der Waals surface area contributed by atoms with Crippen molar-refractivity contribution < 1.29 is 5.11 Å². The number of hydrogen-bond donors (Lipinski definition) is 2. The van der Waals surface area contributed by atoms with E-state index in [1.807, 2.05) is 25.2 Å². The van der Waals surface area contributed by atoms with Gasteiger partial charge < -0.3 is 15.0 Å². The Morgan fingerprint density at radius 1 is 1.44 bits per heavy atom. The lowest BCUT2D eigenvalue weighted by atomic mass is 10.3. The van der Waals surface area contributed by atoms with E-state index in [0.29, 0.717) is 13.1 Å². The largest absolute Gasteiger partial charge is 0.392 e. The summed E-state index contributed by atoms with van der Waals surface area (Å²) in [6.07, 6.45) is -0.324. The molecule has 1 unspecified atom stereocenters. The zero-order chi connectivity index (χ0) is 11.5. The molecule has 4 nitrogen and oxygen atoms in total. The summed E-state index contributed by atoms with van der Waals surface area (Å²) >= 11 is 0. The second-order valence-electron chi connectivity index (χ2n) is 4.06. The van der Waals surface area contributed by atoms with Crippen molar-refractivity contribution in [2.24, 2.45) is 7.05 Å². The maximum absolute atomic E-state index is 9.15. The van der Waals surface area contributed by atoms with Crippen LogP contribution in [0.1, 0.15) is 12.7 Å². The summed E-state index contributed by atoms with van der Waals surface area (Å²) in [5.74, 6) is 0.988. The highest BCUT2D eigenvalue weighted by molar-refractivity contribution is 5.75. The summed E-state index contributed by atoms with van der Waals surface area (Å²) in [4.78, 5) is 4.53. The minimum absolute atomic E-state index is 0.324. The molecule has 86 valence electrons. The predicted molar refractivity (Wildman–Crippen MR) is 64.1 cm³/mol. The molecule has 0 aliphatic rings. The molecule has 1 aromatic carbocycles. The minimum atomic E-state index is -0.324. The van der Waals surface area contributed by atoms with Gasteiger partial charge in [0.25, 0.3) is 0 Å². The van der Waals surface area contributed by atoms with Gasteiger partial charge in [-0.15, -0.1) is 0 Å². The number of nitrogens with one attached hydrogen (secondary N) is 1. The average Bonchev–Trinajstić information content (AvgIpc) is 2.56. The first-order chi connectivity index (χ1) is 7.68. The van der Waals surface area contributed by atoms with E-state index in [-0.39, 0.29) is 6.10 Å². The zero-order valence-electron chi connectivity index (χ0n) is 9.64. The lowest BCUT2D eigenvalue weighted by molar-refractivity contribution is 0.190. The van der Waals surface area contributed by atoms with Crippen LogP contribution in [0.4, 0.5) is 0 Å². The highest BCUT2D eigenvalue weighted by atomic mass is 16.3. The van der Waals surface area contributed by atoms with Crippen molar-refractivity contribution in [3.63, 3.8) is 0 Å². The Balaban J connectivity index is 2.15. The van der Waals surface area contributed by atoms with E-state index in [2.05, 4.69) is 20.9 Å². The van der Waals surface area contributed by atoms with Crippen molar-refractivity contribution in [2.45, 2.75) is 19.6 Å². The number of benzene rings is 1. The van der Waals surface area contributed by atoms with E-state index in [9.17, 15) is 0 Å². The van der Waals surface area contributed by atoms with Gasteiger partial charge in [0.05, 0.1) is 23.7 Å². The first-order valence-corrected chi connectivity index (χ1v) is 5.47. The van der Waals surface area contributed by atoms with Crippen LogP contribution in [0, 0.1) is 0 Å². The van der Waals surface area contributed by atoms with Crippen molar-refractivity contribution in [3.8, 4) is 0 Å². The molecule has 2 N–H and O–H groups in total. The summed E-state index contributed by atoms with van der Waals surface area (Å²) in [5, 5.41) is 12.3. The summed E-state index contributed by atoms with van der Waals surface area (Å²) in [7, 11) is 2.01. The Morgan fingerprint density at radius 2 is 2.19 bits per heavy atom. The first-order valence-electron chi connectivity index (χ1n) is 5.47. The highest BCUT2D eigenvalue weighted by Crippen LogP contribution is 2.13. The van der Waals surface area contributed by atoms with Gasteiger partial charge in [-0.05, 0) is 19.1 Å². The summed E-state index contributed by atoms with van der Waals surface area (Å²) < 4.78 is 2.07. The van der Waals surface area contributed by atoms with Crippen LogP contribution in [0.2, 0.25) is 0 Å². The molecule has 1 heterocycles.